The molecule has 0 fully saturated rings. The van der Waals surface area contributed by atoms with Crippen molar-refractivity contribution in [3.63, 3.8) is 0 Å². The number of nitriles is 1. The van der Waals surface area contributed by atoms with E-state index in [2.05, 4.69) is 11.4 Å². The van der Waals surface area contributed by atoms with E-state index in [1.807, 2.05) is 30.3 Å². The van der Waals surface area contributed by atoms with E-state index in [1.54, 1.807) is 24.3 Å². The average Bonchev–Trinajstić information content (AvgIpc) is 2.61. The first kappa shape index (κ1) is 17.2. The molecule has 122 valence electrons. The highest BCUT2D eigenvalue weighted by Gasteiger charge is 2.22. The SMILES string of the molecule is COC(=O)[C@H](Cc1cccc(C#N)c1)NC(=O)Cc1ccccc1. The van der Waals surface area contributed by atoms with Crippen LogP contribution in [0.5, 0.6) is 0 Å². The van der Waals surface area contributed by atoms with E-state index in [1.165, 1.54) is 7.11 Å². The third-order valence-electron chi connectivity index (χ3n) is 3.52. The molecule has 0 aromatic heterocycles. The molecule has 1 amide bonds. The number of carbonyl (C=O) groups excluding carboxylic acids is 2. The van der Waals surface area contributed by atoms with Gasteiger partial charge in [-0.05, 0) is 23.3 Å². The number of rotatable bonds is 6. The molecule has 0 aliphatic carbocycles. The van der Waals surface area contributed by atoms with Gasteiger partial charge in [0.25, 0.3) is 0 Å². The Kier molecular flexibility index (Phi) is 6.09. The van der Waals surface area contributed by atoms with Gasteiger partial charge in [0, 0.05) is 6.42 Å². The van der Waals surface area contributed by atoms with E-state index in [0.717, 1.165) is 11.1 Å². The lowest BCUT2D eigenvalue weighted by Gasteiger charge is -2.17. The van der Waals surface area contributed by atoms with Crippen molar-refractivity contribution in [3.05, 3.63) is 71.3 Å². The van der Waals surface area contributed by atoms with E-state index in [0.29, 0.717) is 5.56 Å². The van der Waals surface area contributed by atoms with Gasteiger partial charge in [0.15, 0.2) is 0 Å². The van der Waals surface area contributed by atoms with Gasteiger partial charge in [0.05, 0.1) is 25.2 Å². The van der Waals surface area contributed by atoms with Gasteiger partial charge in [0.1, 0.15) is 6.04 Å². The summed E-state index contributed by atoms with van der Waals surface area (Å²) < 4.78 is 4.77. The average molecular weight is 322 g/mol. The summed E-state index contributed by atoms with van der Waals surface area (Å²) in [6, 6.07) is 17.5. The highest BCUT2D eigenvalue weighted by Crippen LogP contribution is 2.09. The molecule has 2 aromatic carbocycles. The van der Waals surface area contributed by atoms with Gasteiger partial charge in [-0.2, -0.15) is 5.26 Å². The van der Waals surface area contributed by atoms with Gasteiger partial charge in [-0.1, -0.05) is 42.5 Å². The number of ether oxygens (including phenoxy) is 1. The van der Waals surface area contributed by atoms with Crippen molar-refractivity contribution in [1.82, 2.24) is 5.32 Å². The maximum atomic E-state index is 12.2. The number of hydrogen-bond donors (Lipinski definition) is 1. The molecule has 5 nitrogen and oxygen atoms in total. The van der Waals surface area contributed by atoms with Crippen molar-refractivity contribution in [1.29, 1.82) is 5.26 Å². The van der Waals surface area contributed by atoms with Crippen LogP contribution >= 0.6 is 0 Å². The fraction of sp³-hybridized carbons (Fsp3) is 0.211. The van der Waals surface area contributed by atoms with Crippen LogP contribution in [0.1, 0.15) is 16.7 Å². The fourth-order valence-electron chi connectivity index (χ4n) is 2.37. The van der Waals surface area contributed by atoms with E-state index in [-0.39, 0.29) is 18.7 Å². The number of amides is 1. The van der Waals surface area contributed by atoms with E-state index in [4.69, 9.17) is 10.00 Å². The Hall–Kier alpha value is -3.13. The number of benzene rings is 2. The minimum Gasteiger partial charge on any atom is -0.467 e. The van der Waals surface area contributed by atoms with Crippen LogP contribution in [0.4, 0.5) is 0 Å². The summed E-state index contributed by atoms with van der Waals surface area (Å²) in [6.07, 6.45) is 0.454. The van der Waals surface area contributed by atoms with Crippen molar-refractivity contribution in [2.45, 2.75) is 18.9 Å². The molecular weight excluding hydrogens is 304 g/mol. The Morgan fingerprint density at radius 2 is 1.83 bits per heavy atom. The number of esters is 1. The Morgan fingerprint density at radius 1 is 1.12 bits per heavy atom. The molecule has 2 rings (SSSR count). The summed E-state index contributed by atoms with van der Waals surface area (Å²) in [5.41, 5.74) is 2.15. The predicted molar refractivity (Wildman–Crippen MR) is 89.0 cm³/mol. The maximum absolute atomic E-state index is 12.2. The second-order valence-corrected chi connectivity index (χ2v) is 5.32. The van der Waals surface area contributed by atoms with Gasteiger partial charge in [-0.15, -0.1) is 0 Å². The zero-order chi connectivity index (χ0) is 17.4. The molecule has 1 N–H and O–H groups in total. The third-order valence-corrected chi connectivity index (χ3v) is 3.52. The minimum absolute atomic E-state index is 0.187. The molecule has 0 bridgehead atoms. The first-order valence-electron chi connectivity index (χ1n) is 7.52. The Morgan fingerprint density at radius 3 is 2.50 bits per heavy atom. The van der Waals surface area contributed by atoms with E-state index in [9.17, 15) is 9.59 Å². The highest BCUT2D eigenvalue weighted by atomic mass is 16.5. The van der Waals surface area contributed by atoms with Crippen LogP contribution < -0.4 is 5.32 Å². The monoisotopic (exact) mass is 322 g/mol. The van der Waals surface area contributed by atoms with E-state index >= 15 is 0 Å². The number of nitrogens with one attached hydrogen (secondary N) is 1. The first-order valence-corrected chi connectivity index (χ1v) is 7.52. The molecule has 0 heterocycles. The summed E-state index contributed by atoms with van der Waals surface area (Å²) in [5.74, 6) is -0.771. The van der Waals surface area contributed by atoms with Gasteiger partial charge in [-0.25, -0.2) is 4.79 Å². The van der Waals surface area contributed by atoms with Gasteiger partial charge in [0.2, 0.25) is 5.91 Å². The molecule has 0 spiro atoms. The second-order valence-electron chi connectivity index (χ2n) is 5.32. The van der Waals surface area contributed by atoms with E-state index < -0.39 is 12.0 Å². The third kappa shape index (κ3) is 4.96. The van der Waals surface area contributed by atoms with Crippen LogP contribution in [0.15, 0.2) is 54.6 Å². The summed E-state index contributed by atoms with van der Waals surface area (Å²) in [6.45, 7) is 0. The molecule has 5 heteroatoms. The molecule has 0 aliphatic heterocycles. The number of nitrogens with zero attached hydrogens (tertiary/aromatic N) is 1. The molecule has 0 unspecified atom stereocenters. The van der Waals surface area contributed by atoms with Crippen LogP contribution in [0.3, 0.4) is 0 Å². The zero-order valence-electron chi connectivity index (χ0n) is 13.4. The van der Waals surface area contributed by atoms with Crippen molar-refractivity contribution < 1.29 is 14.3 Å². The Balaban J connectivity index is 2.06. The Labute approximate surface area is 140 Å². The van der Waals surface area contributed by atoms with Crippen molar-refractivity contribution in [3.8, 4) is 6.07 Å². The van der Waals surface area contributed by atoms with Gasteiger partial charge >= 0.3 is 5.97 Å². The topological polar surface area (TPSA) is 79.2 Å². The number of methoxy groups -OCH3 is 1. The molecule has 0 aliphatic rings. The van der Waals surface area contributed by atoms with Crippen LogP contribution in [0.2, 0.25) is 0 Å². The van der Waals surface area contributed by atoms with Crippen LogP contribution in [-0.2, 0) is 27.2 Å². The van der Waals surface area contributed by atoms with Crippen molar-refractivity contribution in [2.24, 2.45) is 0 Å². The normalized spacial score (nSPS) is 11.2. The maximum Gasteiger partial charge on any atom is 0.328 e. The lowest BCUT2D eigenvalue weighted by molar-refractivity contribution is -0.145. The molecule has 0 saturated heterocycles. The van der Waals surface area contributed by atoms with Crippen LogP contribution in [-0.4, -0.2) is 25.0 Å². The molecule has 0 radical (unpaired) electrons. The number of hydrogen-bond acceptors (Lipinski definition) is 4. The summed E-state index contributed by atoms with van der Waals surface area (Å²) in [5, 5.41) is 11.7. The van der Waals surface area contributed by atoms with Gasteiger partial charge in [-0.3, -0.25) is 4.79 Å². The molecular formula is C19H18N2O3. The van der Waals surface area contributed by atoms with Crippen LogP contribution in [0.25, 0.3) is 0 Å². The summed E-state index contributed by atoms with van der Waals surface area (Å²) in [4.78, 5) is 24.1. The second kappa shape index (κ2) is 8.49. The summed E-state index contributed by atoms with van der Waals surface area (Å²) >= 11 is 0. The quantitative estimate of drug-likeness (QED) is 0.825. The van der Waals surface area contributed by atoms with Crippen molar-refractivity contribution in [2.75, 3.05) is 7.11 Å². The molecule has 1 atom stereocenters. The number of carbonyl (C=O) groups is 2. The largest absolute Gasteiger partial charge is 0.467 e. The zero-order valence-corrected chi connectivity index (χ0v) is 13.4. The standard InChI is InChI=1S/C19H18N2O3/c1-24-19(23)17(11-15-8-5-9-16(10-15)13-20)21-18(22)12-14-6-3-2-4-7-14/h2-10,17H,11-12H2,1H3,(H,21,22)/t17-/m0/s1. The molecule has 0 saturated carbocycles. The lowest BCUT2D eigenvalue weighted by atomic mass is 10.0. The van der Waals surface area contributed by atoms with Crippen molar-refractivity contribution >= 4 is 11.9 Å². The Bertz CT molecular complexity index is 751. The first-order chi connectivity index (χ1) is 11.6. The smallest absolute Gasteiger partial charge is 0.328 e. The summed E-state index contributed by atoms with van der Waals surface area (Å²) in [7, 11) is 1.28. The fourth-order valence-corrected chi connectivity index (χ4v) is 2.37. The molecule has 2 aromatic rings. The van der Waals surface area contributed by atoms with Crippen LogP contribution in [0, 0.1) is 11.3 Å². The lowest BCUT2D eigenvalue weighted by Crippen LogP contribution is -2.43. The highest BCUT2D eigenvalue weighted by molar-refractivity contribution is 5.85. The van der Waals surface area contributed by atoms with Gasteiger partial charge < -0.3 is 10.1 Å². The molecule has 24 heavy (non-hydrogen) atoms. The minimum atomic E-state index is -0.792. The predicted octanol–water partition coefficient (Wildman–Crippen LogP) is 2.00.